The molecular formula is C16H22N4O2. The van der Waals surface area contributed by atoms with Gasteiger partial charge in [0, 0.05) is 32.2 Å². The molecule has 22 heavy (non-hydrogen) atoms. The molecule has 3 rings (SSSR count). The number of nitrogens with one attached hydrogen (secondary N) is 1. The van der Waals surface area contributed by atoms with E-state index in [0.29, 0.717) is 0 Å². The number of nitrogens with zero attached hydrogens (tertiary/aromatic N) is 2. The topological polar surface area (TPSA) is 78.7 Å². The molecule has 2 aliphatic rings. The van der Waals surface area contributed by atoms with Gasteiger partial charge in [0.2, 0.25) is 5.91 Å². The van der Waals surface area contributed by atoms with Crippen LogP contribution in [0.3, 0.4) is 0 Å². The van der Waals surface area contributed by atoms with E-state index in [-0.39, 0.29) is 24.0 Å². The third kappa shape index (κ3) is 2.92. The van der Waals surface area contributed by atoms with Crippen molar-refractivity contribution in [1.29, 1.82) is 0 Å². The SMILES string of the molecule is NC(=O)[C@H](c1ccccc1)N1CCC(N2CCNC2=O)CC1. The first-order valence-electron chi connectivity index (χ1n) is 7.79. The summed E-state index contributed by atoms with van der Waals surface area (Å²) in [6.45, 7) is 3.06. The lowest BCUT2D eigenvalue weighted by molar-refractivity contribution is -0.124. The van der Waals surface area contributed by atoms with E-state index in [0.717, 1.165) is 44.6 Å². The Morgan fingerprint density at radius 3 is 2.41 bits per heavy atom. The zero-order valence-corrected chi connectivity index (χ0v) is 12.6. The first-order valence-corrected chi connectivity index (χ1v) is 7.79. The van der Waals surface area contributed by atoms with Crippen LogP contribution in [0, 0.1) is 0 Å². The summed E-state index contributed by atoms with van der Waals surface area (Å²) in [6, 6.07) is 9.58. The molecule has 6 nitrogen and oxygen atoms in total. The van der Waals surface area contributed by atoms with Crippen molar-refractivity contribution >= 4 is 11.9 Å². The maximum absolute atomic E-state index is 11.9. The lowest BCUT2D eigenvalue weighted by Crippen LogP contribution is -2.49. The van der Waals surface area contributed by atoms with Crippen molar-refractivity contribution < 1.29 is 9.59 Å². The normalized spacial score (nSPS) is 21.6. The van der Waals surface area contributed by atoms with Gasteiger partial charge in [0.25, 0.3) is 0 Å². The van der Waals surface area contributed by atoms with Crippen LogP contribution in [-0.2, 0) is 4.79 Å². The van der Waals surface area contributed by atoms with Crippen molar-refractivity contribution in [1.82, 2.24) is 15.1 Å². The van der Waals surface area contributed by atoms with E-state index < -0.39 is 0 Å². The van der Waals surface area contributed by atoms with E-state index in [4.69, 9.17) is 5.73 Å². The van der Waals surface area contributed by atoms with Gasteiger partial charge in [-0.3, -0.25) is 9.69 Å². The van der Waals surface area contributed by atoms with E-state index in [9.17, 15) is 9.59 Å². The minimum Gasteiger partial charge on any atom is -0.368 e. The van der Waals surface area contributed by atoms with Crippen molar-refractivity contribution in [3.63, 3.8) is 0 Å². The molecule has 2 heterocycles. The minimum atomic E-state index is -0.380. The molecule has 1 aromatic carbocycles. The van der Waals surface area contributed by atoms with Gasteiger partial charge in [-0.2, -0.15) is 0 Å². The summed E-state index contributed by atoms with van der Waals surface area (Å²) < 4.78 is 0. The maximum Gasteiger partial charge on any atom is 0.317 e. The van der Waals surface area contributed by atoms with Crippen LogP contribution in [0.5, 0.6) is 0 Å². The zero-order valence-electron chi connectivity index (χ0n) is 12.6. The van der Waals surface area contributed by atoms with Gasteiger partial charge in [0.1, 0.15) is 6.04 Å². The van der Waals surface area contributed by atoms with Gasteiger partial charge in [-0.25, -0.2) is 4.79 Å². The fourth-order valence-corrected chi connectivity index (χ4v) is 3.48. The number of amides is 3. The summed E-state index contributed by atoms with van der Waals surface area (Å²) in [5, 5.41) is 2.84. The van der Waals surface area contributed by atoms with Gasteiger partial charge in [0.15, 0.2) is 0 Å². The molecule has 0 aromatic heterocycles. The number of likely N-dealkylation sites (tertiary alicyclic amines) is 1. The molecule has 1 atom stereocenters. The highest BCUT2D eigenvalue weighted by Crippen LogP contribution is 2.26. The van der Waals surface area contributed by atoms with Crippen LogP contribution in [0.1, 0.15) is 24.4 Å². The minimum absolute atomic E-state index is 0.0351. The van der Waals surface area contributed by atoms with Gasteiger partial charge in [-0.1, -0.05) is 30.3 Å². The Labute approximate surface area is 130 Å². The number of rotatable bonds is 4. The average Bonchev–Trinajstić information content (AvgIpc) is 2.95. The third-order valence-corrected chi connectivity index (χ3v) is 4.58. The molecule has 0 radical (unpaired) electrons. The van der Waals surface area contributed by atoms with Crippen LogP contribution in [-0.4, -0.2) is 54.0 Å². The molecule has 3 amide bonds. The Hall–Kier alpha value is -2.08. The second-order valence-electron chi connectivity index (χ2n) is 5.91. The summed E-state index contributed by atoms with van der Waals surface area (Å²) in [4.78, 5) is 27.7. The molecule has 118 valence electrons. The Bertz CT molecular complexity index is 540. The summed E-state index contributed by atoms with van der Waals surface area (Å²) in [5.41, 5.74) is 6.56. The highest BCUT2D eigenvalue weighted by Gasteiger charge is 2.34. The van der Waals surface area contributed by atoms with Crippen LogP contribution >= 0.6 is 0 Å². The molecule has 0 unspecified atom stereocenters. The monoisotopic (exact) mass is 302 g/mol. The van der Waals surface area contributed by atoms with E-state index in [1.165, 1.54) is 0 Å². The second-order valence-corrected chi connectivity index (χ2v) is 5.91. The number of hydrogen-bond acceptors (Lipinski definition) is 3. The molecule has 0 aliphatic carbocycles. The van der Waals surface area contributed by atoms with Crippen LogP contribution in [0.25, 0.3) is 0 Å². The van der Waals surface area contributed by atoms with Gasteiger partial charge in [-0.15, -0.1) is 0 Å². The van der Waals surface area contributed by atoms with Gasteiger partial charge in [0.05, 0.1) is 0 Å². The lowest BCUT2D eigenvalue weighted by atomic mass is 9.98. The molecule has 2 fully saturated rings. The van der Waals surface area contributed by atoms with Crippen molar-refractivity contribution in [3.8, 4) is 0 Å². The number of carbonyl (C=O) groups is 2. The average molecular weight is 302 g/mol. The molecule has 3 N–H and O–H groups in total. The fraction of sp³-hybridized carbons (Fsp3) is 0.500. The molecule has 1 aromatic rings. The van der Waals surface area contributed by atoms with Crippen molar-refractivity contribution in [2.45, 2.75) is 24.9 Å². The van der Waals surface area contributed by atoms with E-state index in [2.05, 4.69) is 10.2 Å². The first kappa shape index (κ1) is 14.8. The number of piperidine rings is 1. The van der Waals surface area contributed by atoms with Gasteiger partial charge in [-0.05, 0) is 18.4 Å². The Morgan fingerprint density at radius 2 is 1.86 bits per heavy atom. The zero-order chi connectivity index (χ0) is 15.5. The van der Waals surface area contributed by atoms with E-state index >= 15 is 0 Å². The van der Waals surface area contributed by atoms with Crippen LogP contribution in [0.15, 0.2) is 30.3 Å². The van der Waals surface area contributed by atoms with Gasteiger partial charge >= 0.3 is 6.03 Å². The number of primary amides is 1. The van der Waals surface area contributed by atoms with E-state index in [1.54, 1.807) is 0 Å². The summed E-state index contributed by atoms with van der Waals surface area (Å²) in [6.07, 6.45) is 1.76. The Kier molecular flexibility index (Phi) is 4.29. The summed E-state index contributed by atoms with van der Waals surface area (Å²) >= 11 is 0. The summed E-state index contributed by atoms with van der Waals surface area (Å²) in [5.74, 6) is -0.316. The number of carbonyl (C=O) groups excluding carboxylic acids is 2. The lowest BCUT2D eigenvalue weighted by Gasteiger charge is -2.39. The van der Waals surface area contributed by atoms with Crippen LogP contribution < -0.4 is 11.1 Å². The molecule has 2 saturated heterocycles. The Balaban J connectivity index is 1.66. The van der Waals surface area contributed by atoms with Gasteiger partial charge < -0.3 is 16.0 Å². The second kappa shape index (κ2) is 6.36. The summed E-state index contributed by atoms with van der Waals surface area (Å²) in [7, 11) is 0. The number of nitrogens with two attached hydrogens (primary N) is 1. The van der Waals surface area contributed by atoms with Crippen molar-refractivity contribution in [3.05, 3.63) is 35.9 Å². The quantitative estimate of drug-likeness (QED) is 0.859. The third-order valence-electron chi connectivity index (χ3n) is 4.58. The maximum atomic E-state index is 11.9. The number of urea groups is 1. The van der Waals surface area contributed by atoms with Crippen LogP contribution in [0.4, 0.5) is 4.79 Å². The predicted molar refractivity (Wildman–Crippen MR) is 83.1 cm³/mol. The van der Waals surface area contributed by atoms with Crippen molar-refractivity contribution in [2.75, 3.05) is 26.2 Å². The largest absolute Gasteiger partial charge is 0.368 e. The smallest absolute Gasteiger partial charge is 0.317 e. The fourth-order valence-electron chi connectivity index (χ4n) is 3.48. The van der Waals surface area contributed by atoms with Crippen LogP contribution in [0.2, 0.25) is 0 Å². The molecule has 2 aliphatic heterocycles. The first-order chi connectivity index (χ1) is 10.7. The predicted octanol–water partition coefficient (Wildman–Crippen LogP) is 0.703. The molecule has 6 heteroatoms. The highest BCUT2D eigenvalue weighted by atomic mass is 16.2. The Morgan fingerprint density at radius 1 is 1.18 bits per heavy atom. The highest BCUT2D eigenvalue weighted by molar-refractivity contribution is 5.81. The standard InChI is InChI=1S/C16H22N4O2/c17-15(21)14(12-4-2-1-3-5-12)19-9-6-13(7-10-19)20-11-8-18-16(20)22/h1-5,13-14H,6-11H2,(H2,17,21)(H,18,22)/t14-/m0/s1. The molecule has 0 bridgehead atoms. The molecule has 0 spiro atoms. The molecular weight excluding hydrogens is 280 g/mol. The number of benzene rings is 1. The molecule has 0 saturated carbocycles. The van der Waals surface area contributed by atoms with E-state index in [1.807, 2.05) is 35.2 Å². The van der Waals surface area contributed by atoms with Crippen molar-refractivity contribution in [2.24, 2.45) is 5.73 Å². The number of hydrogen-bond donors (Lipinski definition) is 2.